The third-order valence-electron chi connectivity index (χ3n) is 2.59. The summed E-state index contributed by atoms with van der Waals surface area (Å²) in [5.41, 5.74) is 3.60. The molecule has 0 aliphatic heterocycles. The summed E-state index contributed by atoms with van der Waals surface area (Å²) in [6.07, 6.45) is 2.68. The van der Waals surface area contributed by atoms with Gasteiger partial charge >= 0.3 is 0 Å². The molecule has 0 atom stereocenters. The number of hydroxylamine groups is 1. The van der Waals surface area contributed by atoms with Gasteiger partial charge in [-0.3, -0.25) is 10.0 Å². The van der Waals surface area contributed by atoms with Crippen molar-refractivity contribution in [1.82, 2.24) is 5.48 Å². The number of amides is 1. The van der Waals surface area contributed by atoms with Crippen LogP contribution in [0.15, 0.2) is 45.3 Å². The van der Waals surface area contributed by atoms with E-state index in [4.69, 9.17) is 9.62 Å². The number of hydrogen-bond donors (Lipinski definition) is 2. The Balaban J connectivity index is 2.26. The van der Waals surface area contributed by atoms with Crippen LogP contribution in [0.4, 0.5) is 0 Å². The molecule has 1 heterocycles. The highest BCUT2D eigenvalue weighted by molar-refractivity contribution is 9.10. The van der Waals surface area contributed by atoms with E-state index in [-0.39, 0.29) is 0 Å². The van der Waals surface area contributed by atoms with Crippen molar-refractivity contribution in [1.29, 1.82) is 0 Å². The second kappa shape index (κ2) is 5.86. The van der Waals surface area contributed by atoms with E-state index in [0.717, 1.165) is 21.4 Å². The van der Waals surface area contributed by atoms with E-state index < -0.39 is 5.91 Å². The molecule has 0 saturated heterocycles. The van der Waals surface area contributed by atoms with Crippen LogP contribution in [0.2, 0.25) is 0 Å². The first-order valence-electron chi connectivity index (χ1n) is 5.58. The summed E-state index contributed by atoms with van der Waals surface area (Å²) in [4.78, 5) is 10.9. The average molecular weight is 322 g/mol. The predicted molar refractivity (Wildman–Crippen MR) is 75.5 cm³/mol. The molecule has 2 N–H and O–H groups in total. The van der Waals surface area contributed by atoms with Crippen molar-refractivity contribution in [2.24, 2.45) is 0 Å². The van der Waals surface area contributed by atoms with Gasteiger partial charge in [0.1, 0.15) is 11.5 Å². The minimum atomic E-state index is -0.599. The number of hydrogen-bond acceptors (Lipinski definition) is 3. The van der Waals surface area contributed by atoms with Crippen molar-refractivity contribution >= 4 is 27.9 Å². The van der Waals surface area contributed by atoms with E-state index >= 15 is 0 Å². The first-order valence-corrected chi connectivity index (χ1v) is 6.38. The van der Waals surface area contributed by atoms with Crippen molar-refractivity contribution in [2.75, 3.05) is 0 Å². The average Bonchev–Trinajstić information content (AvgIpc) is 2.84. The van der Waals surface area contributed by atoms with Crippen LogP contribution in [0.25, 0.3) is 17.4 Å². The van der Waals surface area contributed by atoms with Crippen LogP contribution in [0.1, 0.15) is 11.3 Å². The Hall–Kier alpha value is -1.85. The highest BCUT2D eigenvalue weighted by Gasteiger charge is 2.06. The number of nitrogens with one attached hydrogen (secondary N) is 1. The number of carbonyl (C=O) groups is 1. The molecule has 2 aromatic rings. The standard InChI is InChI=1S/C14H12BrNO3/c1-9-8-10(15)2-5-12(9)13-6-3-11(19-13)4-7-14(17)16-18/h2-8,18H,1H3,(H,16,17)/b7-4+. The first kappa shape index (κ1) is 13.6. The molecule has 4 nitrogen and oxygen atoms in total. The Labute approximate surface area is 118 Å². The summed E-state index contributed by atoms with van der Waals surface area (Å²) in [6, 6.07) is 9.52. The van der Waals surface area contributed by atoms with E-state index in [1.165, 1.54) is 17.6 Å². The number of rotatable bonds is 3. The minimum absolute atomic E-state index is 0.543. The van der Waals surface area contributed by atoms with Crippen molar-refractivity contribution in [3.05, 3.63) is 52.2 Å². The monoisotopic (exact) mass is 321 g/mol. The molecule has 0 saturated carbocycles. The molecule has 0 aliphatic rings. The van der Waals surface area contributed by atoms with Crippen LogP contribution in [0, 0.1) is 6.92 Å². The lowest BCUT2D eigenvalue weighted by Gasteiger charge is -2.02. The molecule has 0 unspecified atom stereocenters. The maximum atomic E-state index is 10.9. The number of halogens is 1. The van der Waals surface area contributed by atoms with Gasteiger partial charge in [0.15, 0.2) is 0 Å². The van der Waals surface area contributed by atoms with E-state index in [9.17, 15) is 4.79 Å². The van der Waals surface area contributed by atoms with Gasteiger partial charge in [0.2, 0.25) is 0 Å². The molecule has 1 amide bonds. The third kappa shape index (κ3) is 3.33. The van der Waals surface area contributed by atoms with Gasteiger partial charge in [0, 0.05) is 16.1 Å². The number of aryl methyl sites for hydroxylation is 1. The maximum Gasteiger partial charge on any atom is 0.267 e. The summed E-state index contributed by atoms with van der Waals surface area (Å²) in [6.45, 7) is 2.00. The molecular weight excluding hydrogens is 310 g/mol. The third-order valence-corrected chi connectivity index (χ3v) is 3.08. The highest BCUT2D eigenvalue weighted by Crippen LogP contribution is 2.28. The molecule has 1 aromatic heterocycles. The van der Waals surface area contributed by atoms with E-state index in [0.29, 0.717) is 5.76 Å². The lowest BCUT2D eigenvalue weighted by molar-refractivity contribution is -0.124. The van der Waals surface area contributed by atoms with Gasteiger partial charge in [-0.05, 0) is 48.9 Å². The van der Waals surface area contributed by atoms with E-state index in [1.807, 2.05) is 31.2 Å². The quantitative estimate of drug-likeness (QED) is 0.516. The van der Waals surface area contributed by atoms with Gasteiger partial charge in [0.25, 0.3) is 5.91 Å². The Bertz CT molecular complexity index is 631. The fourth-order valence-electron chi connectivity index (χ4n) is 1.69. The Kier molecular flexibility index (Phi) is 4.19. The van der Waals surface area contributed by atoms with Gasteiger partial charge in [0.05, 0.1) is 0 Å². The topological polar surface area (TPSA) is 62.5 Å². The van der Waals surface area contributed by atoms with Gasteiger partial charge in [-0.1, -0.05) is 15.9 Å². The van der Waals surface area contributed by atoms with Crippen LogP contribution in [-0.2, 0) is 4.79 Å². The summed E-state index contributed by atoms with van der Waals surface area (Å²) in [7, 11) is 0. The Morgan fingerprint density at radius 1 is 1.37 bits per heavy atom. The lowest BCUT2D eigenvalue weighted by atomic mass is 10.1. The second-order valence-corrected chi connectivity index (χ2v) is 4.89. The SMILES string of the molecule is Cc1cc(Br)ccc1-c1ccc(/C=C/C(=O)NO)o1. The van der Waals surface area contributed by atoms with Crippen molar-refractivity contribution in [3.8, 4) is 11.3 Å². The molecular formula is C14H12BrNO3. The zero-order chi connectivity index (χ0) is 13.8. The largest absolute Gasteiger partial charge is 0.457 e. The Morgan fingerprint density at radius 3 is 2.84 bits per heavy atom. The molecule has 0 radical (unpaired) electrons. The fourth-order valence-corrected chi connectivity index (χ4v) is 2.16. The molecule has 1 aromatic carbocycles. The van der Waals surface area contributed by atoms with Gasteiger partial charge in [-0.2, -0.15) is 0 Å². The van der Waals surface area contributed by atoms with Gasteiger partial charge < -0.3 is 4.42 Å². The smallest absolute Gasteiger partial charge is 0.267 e. The predicted octanol–water partition coefficient (Wildman–Crippen LogP) is 3.54. The number of benzene rings is 1. The van der Waals surface area contributed by atoms with Crippen molar-refractivity contribution in [3.63, 3.8) is 0 Å². The summed E-state index contributed by atoms with van der Waals surface area (Å²) < 4.78 is 6.64. The molecule has 0 bridgehead atoms. The fraction of sp³-hybridized carbons (Fsp3) is 0.0714. The van der Waals surface area contributed by atoms with E-state index in [1.54, 1.807) is 6.07 Å². The molecule has 0 fully saturated rings. The molecule has 98 valence electrons. The minimum Gasteiger partial charge on any atom is -0.457 e. The number of carbonyl (C=O) groups excluding carboxylic acids is 1. The number of furan rings is 1. The highest BCUT2D eigenvalue weighted by atomic mass is 79.9. The van der Waals surface area contributed by atoms with Crippen LogP contribution in [-0.4, -0.2) is 11.1 Å². The van der Waals surface area contributed by atoms with Crippen LogP contribution in [0.3, 0.4) is 0 Å². The summed E-state index contributed by atoms with van der Waals surface area (Å²) >= 11 is 3.41. The Morgan fingerprint density at radius 2 is 2.16 bits per heavy atom. The maximum absolute atomic E-state index is 10.9. The zero-order valence-electron chi connectivity index (χ0n) is 10.2. The zero-order valence-corrected chi connectivity index (χ0v) is 11.8. The second-order valence-electron chi connectivity index (χ2n) is 3.97. The summed E-state index contributed by atoms with van der Waals surface area (Å²) in [5, 5.41) is 8.37. The van der Waals surface area contributed by atoms with Crippen LogP contribution in [0.5, 0.6) is 0 Å². The molecule has 19 heavy (non-hydrogen) atoms. The van der Waals surface area contributed by atoms with Crippen LogP contribution >= 0.6 is 15.9 Å². The van der Waals surface area contributed by atoms with Gasteiger partial charge in [-0.25, -0.2) is 5.48 Å². The first-order chi connectivity index (χ1) is 9.10. The van der Waals surface area contributed by atoms with Crippen molar-refractivity contribution in [2.45, 2.75) is 6.92 Å². The molecule has 0 aliphatic carbocycles. The molecule has 5 heteroatoms. The van der Waals surface area contributed by atoms with Crippen LogP contribution < -0.4 is 5.48 Å². The van der Waals surface area contributed by atoms with Crippen molar-refractivity contribution < 1.29 is 14.4 Å². The lowest BCUT2D eigenvalue weighted by Crippen LogP contribution is -2.14. The molecule has 2 rings (SSSR count). The molecule has 0 spiro atoms. The summed E-state index contributed by atoms with van der Waals surface area (Å²) in [5.74, 6) is 0.674. The van der Waals surface area contributed by atoms with E-state index in [2.05, 4.69) is 15.9 Å². The normalized spacial score (nSPS) is 10.9. The van der Waals surface area contributed by atoms with Gasteiger partial charge in [-0.15, -0.1) is 0 Å².